The van der Waals surface area contributed by atoms with Gasteiger partial charge in [-0.15, -0.1) is 0 Å². The number of hydrogen-bond donors (Lipinski definition) is 1. The van der Waals surface area contributed by atoms with E-state index in [4.69, 9.17) is 4.74 Å². The van der Waals surface area contributed by atoms with E-state index in [0.717, 1.165) is 13.8 Å². The van der Waals surface area contributed by atoms with Gasteiger partial charge in [-0.3, -0.25) is 4.79 Å². The summed E-state index contributed by atoms with van der Waals surface area (Å²) in [4.78, 5) is 13.1. The Kier molecular flexibility index (Phi) is 8.18. The molecule has 0 radical (unpaired) electrons. The SMILES string of the molecule is CCC(C)(C)C(=O)OC1(C2CCCCC2)C(F)(F)C(O)(C(F)(F)F)OC(C2CCCCC2)(C(F)(F)F)C1(F)F. The van der Waals surface area contributed by atoms with E-state index in [2.05, 4.69) is 4.74 Å². The molecule has 3 unspecified atom stereocenters. The van der Waals surface area contributed by atoms with Gasteiger partial charge in [0.05, 0.1) is 5.41 Å². The largest absolute Gasteiger partial charge is 0.449 e. The molecule has 3 rings (SSSR count). The van der Waals surface area contributed by atoms with Gasteiger partial charge in [-0.05, 0) is 46.0 Å². The van der Waals surface area contributed by atoms with E-state index in [1.807, 2.05) is 0 Å². The maximum Gasteiger partial charge on any atom is 0.449 e. The van der Waals surface area contributed by atoms with Crippen molar-refractivity contribution in [2.45, 2.75) is 133 Å². The zero-order valence-electron chi connectivity index (χ0n) is 21.9. The first-order valence-corrected chi connectivity index (χ1v) is 13.2. The molecule has 1 N–H and O–H groups in total. The van der Waals surface area contributed by atoms with Crippen LogP contribution in [0, 0.1) is 17.3 Å². The maximum absolute atomic E-state index is 16.9. The number of ether oxygens (including phenoxy) is 2. The molecule has 0 amide bonds. The Labute approximate surface area is 219 Å². The van der Waals surface area contributed by atoms with Crippen molar-refractivity contribution in [3.63, 3.8) is 0 Å². The van der Waals surface area contributed by atoms with Crippen molar-refractivity contribution in [3.05, 3.63) is 0 Å². The third kappa shape index (κ3) is 4.35. The quantitative estimate of drug-likeness (QED) is 0.264. The zero-order chi connectivity index (χ0) is 29.9. The smallest absolute Gasteiger partial charge is 0.445 e. The summed E-state index contributed by atoms with van der Waals surface area (Å²) in [6, 6.07) is 0. The van der Waals surface area contributed by atoms with Crippen LogP contribution in [-0.2, 0) is 14.3 Å². The first kappa shape index (κ1) is 32.2. The highest BCUT2D eigenvalue weighted by molar-refractivity contribution is 5.76. The lowest BCUT2D eigenvalue weighted by molar-refractivity contribution is -0.570. The Morgan fingerprint density at radius 2 is 1.23 bits per heavy atom. The normalized spacial score (nSPS) is 35.0. The molecule has 0 aromatic heterocycles. The molecule has 3 atom stereocenters. The number of aliphatic hydroxyl groups is 1. The lowest BCUT2D eigenvalue weighted by atomic mass is 9.58. The van der Waals surface area contributed by atoms with E-state index in [1.54, 1.807) is 0 Å². The van der Waals surface area contributed by atoms with Gasteiger partial charge in [-0.1, -0.05) is 45.4 Å². The highest BCUT2D eigenvalue weighted by Gasteiger charge is 2.98. The fraction of sp³-hybridized carbons (Fsp3) is 0.960. The Morgan fingerprint density at radius 1 is 0.795 bits per heavy atom. The highest BCUT2D eigenvalue weighted by atomic mass is 19.4. The van der Waals surface area contributed by atoms with Crippen LogP contribution >= 0.6 is 0 Å². The van der Waals surface area contributed by atoms with E-state index >= 15 is 17.6 Å². The summed E-state index contributed by atoms with van der Waals surface area (Å²) in [5.41, 5.74) is -12.1. The summed E-state index contributed by atoms with van der Waals surface area (Å²) < 4.78 is 163. The first-order chi connectivity index (χ1) is 17.6. The molecule has 3 fully saturated rings. The van der Waals surface area contributed by atoms with Crippen LogP contribution in [0.2, 0.25) is 0 Å². The molecular formula is C25H34F10O4. The van der Waals surface area contributed by atoms with Gasteiger partial charge in [0.2, 0.25) is 11.2 Å². The van der Waals surface area contributed by atoms with Gasteiger partial charge in [-0.25, -0.2) is 0 Å². The van der Waals surface area contributed by atoms with Gasteiger partial charge in [-0.2, -0.15) is 43.9 Å². The van der Waals surface area contributed by atoms with Crippen LogP contribution in [0.25, 0.3) is 0 Å². The van der Waals surface area contributed by atoms with E-state index in [9.17, 15) is 36.2 Å². The molecule has 1 heterocycles. The number of hydrogen-bond acceptors (Lipinski definition) is 4. The van der Waals surface area contributed by atoms with E-state index in [1.165, 1.54) is 6.92 Å². The molecule has 1 saturated heterocycles. The summed E-state index contributed by atoms with van der Waals surface area (Å²) >= 11 is 0. The summed E-state index contributed by atoms with van der Waals surface area (Å²) in [7, 11) is 0. The lowest BCUT2D eigenvalue weighted by Gasteiger charge is -2.64. The Hall–Kier alpha value is -1.31. The van der Waals surface area contributed by atoms with Crippen molar-refractivity contribution < 1.29 is 63.3 Å². The molecule has 0 aromatic rings. The summed E-state index contributed by atoms with van der Waals surface area (Å²) in [5.74, 6) is -24.9. The van der Waals surface area contributed by atoms with Gasteiger partial charge in [0.25, 0.3) is 0 Å². The monoisotopic (exact) mass is 588 g/mol. The number of alkyl halides is 10. The van der Waals surface area contributed by atoms with E-state index < -0.39 is 90.1 Å². The van der Waals surface area contributed by atoms with Gasteiger partial charge < -0.3 is 14.6 Å². The maximum atomic E-state index is 16.9. The molecule has 0 spiro atoms. The summed E-state index contributed by atoms with van der Waals surface area (Å²) in [6.45, 7) is 3.49. The van der Waals surface area contributed by atoms with E-state index in [-0.39, 0.29) is 44.9 Å². The molecule has 4 nitrogen and oxygen atoms in total. The average molecular weight is 589 g/mol. The van der Waals surface area contributed by atoms with Crippen molar-refractivity contribution in [1.29, 1.82) is 0 Å². The second-order valence-corrected chi connectivity index (χ2v) is 11.7. The third-order valence-electron chi connectivity index (χ3n) is 8.99. The van der Waals surface area contributed by atoms with Crippen LogP contribution in [0.5, 0.6) is 0 Å². The predicted molar refractivity (Wildman–Crippen MR) is 117 cm³/mol. The third-order valence-corrected chi connectivity index (χ3v) is 8.99. The summed E-state index contributed by atoms with van der Waals surface area (Å²) in [6.07, 6.45) is -16.0. The number of rotatable bonds is 5. The molecule has 0 aromatic carbocycles. The number of carbonyl (C=O) groups excluding carboxylic acids is 1. The molecule has 0 bridgehead atoms. The molecule has 2 aliphatic carbocycles. The molecular weight excluding hydrogens is 554 g/mol. The second-order valence-electron chi connectivity index (χ2n) is 11.7. The minimum atomic E-state index is -6.69. The lowest BCUT2D eigenvalue weighted by Crippen LogP contribution is -2.90. The zero-order valence-corrected chi connectivity index (χ0v) is 21.9. The molecule has 14 heteroatoms. The van der Waals surface area contributed by atoms with Crippen molar-refractivity contribution in [2.75, 3.05) is 0 Å². The van der Waals surface area contributed by atoms with Crippen molar-refractivity contribution in [2.24, 2.45) is 17.3 Å². The molecule has 228 valence electrons. The second kappa shape index (κ2) is 9.90. The fourth-order valence-electron chi connectivity index (χ4n) is 6.30. The number of carbonyl (C=O) groups is 1. The number of halogens is 10. The predicted octanol–water partition coefficient (Wildman–Crippen LogP) is 7.72. The summed E-state index contributed by atoms with van der Waals surface area (Å²) in [5, 5.41) is 10.5. The van der Waals surface area contributed by atoms with Crippen LogP contribution in [0.4, 0.5) is 43.9 Å². The first-order valence-electron chi connectivity index (χ1n) is 13.2. The topological polar surface area (TPSA) is 55.8 Å². The van der Waals surface area contributed by atoms with Crippen molar-refractivity contribution in [3.8, 4) is 0 Å². The Balaban J connectivity index is 2.51. The minimum Gasteiger partial charge on any atom is -0.445 e. The van der Waals surface area contributed by atoms with Crippen LogP contribution < -0.4 is 0 Å². The molecule has 1 aliphatic heterocycles. The van der Waals surface area contributed by atoms with Gasteiger partial charge in [0.1, 0.15) is 0 Å². The van der Waals surface area contributed by atoms with Gasteiger partial charge in [0.15, 0.2) is 0 Å². The van der Waals surface area contributed by atoms with Crippen LogP contribution in [0.1, 0.15) is 91.4 Å². The number of esters is 1. The fourth-order valence-corrected chi connectivity index (χ4v) is 6.30. The van der Waals surface area contributed by atoms with Crippen LogP contribution in [-0.4, -0.2) is 52.3 Å². The standard InChI is InChI=1S/C25H34F10O4/c1-4-18(2,3)17(36)38-19(15-11-7-5-8-12-15)21(26,27)20(24(30,31)32,16-13-9-6-10-14-16)39-23(37,22(19,28)29)25(33,34)35/h15-16,37H,4-14H2,1-3H3. The Morgan fingerprint density at radius 3 is 1.62 bits per heavy atom. The molecule has 3 aliphatic rings. The average Bonchev–Trinajstić information content (AvgIpc) is 2.83. The van der Waals surface area contributed by atoms with Crippen molar-refractivity contribution >= 4 is 5.97 Å². The molecule has 2 saturated carbocycles. The molecule has 39 heavy (non-hydrogen) atoms. The van der Waals surface area contributed by atoms with Crippen LogP contribution in [0.3, 0.4) is 0 Å². The van der Waals surface area contributed by atoms with Crippen molar-refractivity contribution in [1.82, 2.24) is 0 Å². The Bertz CT molecular complexity index is 906. The van der Waals surface area contributed by atoms with Gasteiger partial charge in [0, 0.05) is 11.8 Å². The van der Waals surface area contributed by atoms with Crippen LogP contribution in [0.15, 0.2) is 0 Å². The van der Waals surface area contributed by atoms with E-state index in [0.29, 0.717) is 0 Å². The highest BCUT2D eigenvalue weighted by Crippen LogP contribution is 2.71. The van der Waals surface area contributed by atoms with Gasteiger partial charge >= 0.3 is 36.0 Å². The minimum absolute atomic E-state index is 0.0962.